The van der Waals surface area contributed by atoms with Crippen LogP contribution in [0.25, 0.3) is 0 Å². The monoisotopic (exact) mass is 528 g/mol. The van der Waals surface area contributed by atoms with Crippen molar-refractivity contribution in [3.8, 4) is 5.88 Å². The van der Waals surface area contributed by atoms with Crippen molar-refractivity contribution in [2.24, 2.45) is 28.0 Å². The molecule has 0 aromatic carbocycles. The fourth-order valence-corrected chi connectivity index (χ4v) is 7.18. The lowest BCUT2D eigenvalue weighted by atomic mass is 9.51. The average Bonchev–Trinajstić information content (AvgIpc) is 3.65. The summed E-state index contributed by atoms with van der Waals surface area (Å²) < 4.78 is 7.82. The van der Waals surface area contributed by atoms with Gasteiger partial charge in [0.15, 0.2) is 0 Å². The number of rotatable bonds is 6. The second-order valence-corrected chi connectivity index (χ2v) is 12.1. The highest BCUT2D eigenvalue weighted by Gasteiger charge is 2.68. The Hall–Kier alpha value is -3.15. The second-order valence-electron chi connectivity index (χ2n) is 12.1. The van der Waals surface area contributed by atoms with Gasteiger partial charge in [0.25, 0.3) is 11.5 Å². The van der Waals surface area contributed by atoms with Gasteiger partial charge in [0, 0.05) is 39.1 Å². The standard InChI is InChI=1S/C26H36N6O6/c1-28-19(27)18-20(33)30(9-15-3-4-15)24(37)32(21(18)34)17-5-7-25(8-6-17)13-26(14-25)22(35)29(2)23(36)31(26)10-16-11-38-12-16/h15-17,33H,3-14H2,1-2H3,(H2,27,28). The quantitative estimate of drug-likeness (QED) is 0.312. The Morgan fingerprint density at radius 2 is 1.71 bits per heavy atom. The maximum Gasteiger partial charge on any atom is 0.334 e. The van der Waals surface area contributed by atoms with Crippen LogP contribution in [0.1, 0.15) is 63.0 Å². The number of imide groups is 1. The number of carbonyl (C=O) groups is 2. The first-order chi connectivity index (χ1) is 18.1. The summed E-state index contributed by atoms with van der Waals surface area (Å²) in [6, 6.07) is -0.571. The molecule has 2 aliphatic heterocycles. The predicted octanol–water partition coefficient (Wildman–Crippen LogP) is 0.635. The Morgan fingerprint density at radius 3 is 2.26 bits per heavy atom. The zero-order valence-corrected chi connectivity index (χ0v) is 22.0. The van der Waals surface area contributed by atoms with Crippen LogP contribution in [-0.2, 0) is 16.1 Å². The van der Waals surface area contributed by atoms with E-state index < -0.39 is 22.7 Å². The van der Waals surface area contributed by atoms with Gasteiger partial charge in [0.2, 0.25) is 5.88 Å². The van der Waals surface area contributed by atoms with Gasteiger partial charge in [-0.2, -0.15) is 0 Å². The summed E-state index contributed by atoms with van der Waals surface area (Å²) in [5, 5.41) is 10.8. The van der Waals surface area contributed by atoms with Gasteiger partial charge in [0.1, 0.15) is 16.9 Å². The van der Waals surface area contributed by atoms with E-state index in [4.69, 9.17) is 10.5 Å². The van der Waals surface area contributed by atoms with E-state index in [9.17, 15) is 24.3 Å². The molecule has 0 radical (unpaired) electrons. The van der Waals surface area contributed by atoms with Gasteiger partial charge in [0.05, 0.1) is 13.2 Å². The van der Waals surface area contributed by atoms with Crippen LogP contribution >= 0.6 is 0 Å². The molecule has 3 heterocycles. The summed E-state index contributed by atoms with van der Waals surface area (Å²) in [6.45, 7) is 2.10. The fraction of sp³-hybridized carbons (Fsp3) is 0.731. The van der Waals surface area contributed by atoms with Crippen LogP contribution < -0.4 is 17.0 Å². The van der Waals surface area contributed by atoms with Crippen LogP contribution in [0, 0.1) is 17.3 Å². The number of ether oxygens (including phenoxy) is 1. The third-order valence-corrected chi connectivity index (χ3v) is 9.58. The van der Waals surface area contributed by atoms with Crippen molar-refractivity contribution in [3.63, 3.8) is 0 Å². The molecule has 5 aliphatic rings. The molecule has 6 rings (SSSR count). The Balaban J connectivity index is 1.24. The highest BCUT2D eigenvalue weighted by atomic mass is 16.5. The topological polar surface area (TPSA) is 152 Å². The molecule has 3 aliphatic carbocycles. The Kier molecular flexibility index (Phi) is 5.75. The molecular weight excluding hydrogens is 492 g/mol. The minimum atomic E-state index is -0.792. The van der Waals surface area contributed by atoms with E-state index in [0.717, 1.165) is 25.7 Å². The molecule has 12 nitrogen and oxygen atoms in total. The van der Waals surface area contributed by atoms with E-state index in [2.05, 4.69) is 4.99 Å². The average molecular weight is 529 g/mol. The minimum Gasteiger partial charge on any atom is -0.494 e. The number of hydrogen-bond acceptors (Lipinski definition) is 7. The molecule has 3 amide bonds. The van der Waals surface area contributed by atoms with Crippen LogP contribution in [0.2, 0.25) is 0 Å². The summed E-state index contributed by atoms with van der Waals surface area (Å²) in [6.07, 6.45) is 5.84. The van der Waals surface area contributed by atoms with Crippen molar-refractivity contribution in [1.82, 2.24) is 18.9 Å². The summed E-state index contributed by atoms with van der Waals surface area (Å²) in [7, 11) is 3.00. The van der Waals surface area contributed by atoms with Crippen LogP contribution in [0.3, 0.4) is 0 Å². The van der Waals surface area contributed by atoms with Crippen LogP contribution in [-0.4, -0.2) is 81.2 Å². The molecule has 2 spiro atoms. The first-order valence-electron chi connectivity index (χ1n) is 13.6. The lowest BCUT2D eigenvalue weighted by Gasteiger charge is -2.58. The SMILES string of the molecule is CN=C(N)c1c(O)n(CC2CC2)c(=O)n(C2CCC3(CC2)CC2(C3)C(=O)N(C)C(=O)N2CC2COC2)c1=O. The van der Waals surface area contributed by atoms with Gasteiger partial charge >= 0.3 is 11.7 Å². The number of amidine groups is 1. The molecule has 0 unspecified atom stereocenters. The Morgan fingerprint density at radius 1 is 1.05 bits per heavy atom. The van der Waals surface area contributed by atoms with Crippen LogP contribution in [0.5, 0.6) is 5.88 Å². The third-order valence-electron chi connectivity index (χ3n) is 9.58. The second kappa shape index (κ2) is 8.69. The molecule has 2 saturated heterocycles. The number of likely N-dealkylation sites (N-methyl/N-ethyl adjacent to an activating group) is 1. The van der Waals surface area contributed by atoms with Gasteiger partial charge in [-0.1, -0.05) is 0 Å². The molecule has 1 aromatic rings. The molecule has 0 bridgehead atoms. The fourth-order valence-electron chi connectivity index (χ4n) is 7.18. The number of carbonyl (C=O) groups excluding carboxylic acids is 2. The zero-order valence-electron chi connectivity index (χ0n) is 22.0. The summed E-state index contributed by atoms with van der Waals surface area (Å²) in [4.78, 5) is 59.9. The van der Waals surface area contributed by atoms with Crippen LogP contribution in [0.15, 0.2) is 14.6 Å². The number of aliphatic imine (C=N–C) groups is 1. The maximum atomic E-state index is 13.5. The van der Waals surface area contributed by atoms with Gasteiger partial charge in [-0.15, -0.1) is 0 Å². The smallest absolute Gasteiger partial charge is 0.334 e. The van der Waals surface area contributed by atoms with E-state index in [1.54, 1.807) is 11.9 Å². The number of nitrogens with zero attached hydrogens (tertiary/aromatic N) is 5. The van der Waals surface area contributed by atoms with Crippen molar-refractivity contribution in [2.45, 2.75) is 69.5 Å². The number of hydrogen-bond donors (Lipinski definition) is 2. The van der Waals surface area contributed by atoms with E-state index in [-0.39, 0.29) is 40.7 Å². The molecule has 3 saturated carbocycles. The highest BCUT2D eigenvalue weighted by molar-refractivity contribution is 6.07. The lowest BCUT2D eigenvalue weighted by Crippen LogP contribution is -2.65. The third kappa shape index (κ3) is 3.63. The molecule has 3 N–H and O–H groups in total. The molecule has 206 valence electrons. The predicted molar refractivity (Wildman–Crippen MR) is 137 cm³/mol. The van der Waals surface area contributed by atoms with Gasteiger partial charge in [-0.3, -0.25) is 28.6 Å². The van der Waals surface area contributed by atoms with Crippen molar-refractivity contribution in [2.75, 3.05) is 33.9 Å². The molecule has 12 heteroatoms. The van der Waals surface area contributed by atoms with Crippen molar-refractivity contribution in [3.05, 3.63) is 26.4 Å². The summed E-state index contributed by atoms with van der Waals surface area (Å²) in [5.74, 6) is -0.0753. The van der Waals surface area contributed by atoms with Gasteiger partial charge < -0.3 is 20.5 Å². The lowest BCUT2D eigenvalue weighted by molar-refractivity contribution is -0.152. The molecule has 38 heavy (non-hydrogen) atoms. The minimum absolute atomic E-state index is 0.0931. The first kappa shape index (κ1) is 25.1. The number of aromatic hydroxyl groups is 1. The van der Waals surface area contributed by atoms with E-state index in [0.29, 0.717) is 57.9 Å². The Bertz CT molecular complexity index is 1320. The summed E-state index contributed by atoms with van der Waals surface area (Å²) >= 11 is 0. The Labute approximate surface area is 220 Å². The van der Waals surface area contributed by atoms with Crippen molar-refractivity contribution < 1.29 is 19.4 Å². The number of urea groups is 1. The number of nitrogens with two attached hydrogens (primary N) is 1. The van der Waals surface area contributed by atoms with Crippen molar-refractivity contribution in [1.29, 1.82) is 0 Å². The first-order valence-corrected chi connectivity index (χ1v) is 13.6. The normalized spacial score (nSPS) is 31.8. The molecule has 1 aromatic heterocycles. The molecule has 5 fully saturated rings. The summed E-state index contributed by atoms with van der Waals surface area (Å²) in [5.41, 5.74) is 3.85. The highest BCUT2D eigenvalue weighted by Crippen LogP contribution is 2.62. The van der Waals surface area contributed by atoms with Gasteiger partial charge in [-0.25, -0.2) is 9.59 Å². The molecule has 0 atom stereocenters. The number of amides is 3. The number of aromatic nitrogens is 2. The van der Waals surface area contributed by atoms with E-state index in [1.807, 2.05) is 0 Å². The van der Waals surface area contributed by atoms with Gasteiger partial charge in [-0.05, 0) is 62.7 Å². The zero-order chi connectivity index (χ0) is 27.0. The van der Waals surface area contributed by atoms with E-state index >= 15 is 0 Å². The molecular formula is C26H36N6O6. The van der Waals surface area contributed by atoms with Crippen molar-refractivity contribution >= 4 is 17.8 Å². The largest absolute Gasteiger partial charge is 0.494 e. The van der Waals surface area contributed by atoms with Crippen LogP contribution in [0.4, 0.5) is 4.79 Å². The van der Waals surface area contributed by atoms with E-state index in [1.165, 1.54) is 21.1 Å². The maximum absolute atomic E-state index is 13.5.